The van der Waals surface area contributed by atoms with Crippen molar-refractivity contribution in [2.45, 2.75) is 26.3 Å². The lowest BCUT2D eigenvalue weighted by Gasteiger charge is -2.39. The van der Waals surface area contributed by atoms with Crippen LogP contribution in [0.4, 0.5) is 0 Å². The Morgan fingerprint density at radius 1 is 1.50 bits per heavy atom. The van der Waals surface area contributed by atoms with Crippen molar-refractivity contribution < 1.29 is 9.53 Å². The number of nitriles is 1. The average molecular weight is 282 g/mol. The molecule has 0 spiro atoms. The molecule has 0 aromatic rings. The highest BCUT2D eigenvalue weighted by Crippen LogP contribution is 2.08. The smallest absolute Gasteiger partial charge is 0.234 e. The van der Waals surface area contributed by atoms with Crippen LogP contribution in [0.5, 0.6) is 0 Å². The molecule has 1 aliphatic heterocycles. The second kappa shape index (κ2) is 9.70. The molecule has 0 aliphatic carbocycles. The number of nitrogens with zero attached hydrogens (tertiary/aromatic N) is 3. The molecule has 114 valence electrons. The highest BCUT2D eigenvalue weighted by atomic mass is 16.5. The minimum absolute atomic E-state index is 0.00946. The average Bonchev–Trinajstić information content (AvgIpc) is 2.42. The Balaban J connectivity index is 2.22. The third kappa shape index (κ3) is 6.33. The van der Waals surface area contributed by atoms with E-state index in [1.165, 1.54) is 0 Å². The topological polar surface area (TPSA) is 68.6 Å². The summed E-state index contributed by atoms with van der Waals surface area (Å²) in [5.41, 5.74) is 0. The van der Waals surface area contributed by atoms with E-state index in [4.69, 9.17) is 10.00 Å². The highest BCUT2D eigenvalue weighted by Gasteiger charge is 2.24. The van der Waals surface area contributed by atoms with Gasteiger partial charge in [0.25, 0.3) is 0 Å². The first-order valence-electron chi connectivity index (χ1n) is 7.35. The zero-order chi connectivity index (χ0) is 14.8. The molecule has 1 heterocycles. The molecule has 1 rings (SSSR count). The second-order valence-electron chi connectivity index (χ2n) is 5.08. The maximum atomic E-state index is 11.7. The van der Waals surface area contributed by atoms with E-state index in [0.29, 0.717) is 25.6 Å². The summed E-state index contributed by atoms with van der Waals surface area (Å²) in [5, 5.41) is 11.2. The molecule has 20 heavy (non-hydrogen) atoms. The molecule has 0 radical (unpaired) electrons. The van der Waals surface area contributed by atoms with E-state index in [1.807, 2.05) is 13.0 Å². The molecule has 1 N–H and O–H groups in total. The summed E-state index contributed by atoms with van der Waals surface area (Å²) in [5.74, 6) is 0.00946. The number of carbonyl (C=O) groups is 1. The van der Waals surface area contributed by atoms with Gasteiger partial charge >= 0.3 is 0 Å². The van der Waals surface area contributed by atoms with Crippen molar-refractivity contribution in [3.63, 3.8) is 0 Å². The van der Waals surface area contributed by atoms with Crippen LogP contribution in [-0.4, -0.2) is 74.2 Å². The van der Waals surface area contributed by atoms with Crippen molar-refractivity contribution in [2.75, 3.05) is 52.5 Å². The first-order chi connectivity index (χ1) is 9.67. The third-order valence-corrected chi connectivity index (χ3v) is 3.50. The Kier molecular flexibility index (Phi) is 8.19. The first-order valence-corrected chi connectivity index (χ1v) is 7.35. The number of hydrogen-bond donors (Lipinski definition) is 1. The first kappa shape index (κ1) is 16.9. The van der Waals surface area contributed by atoms with Gasteiger partial charge in [-0.1, -0.05) is 0 Å². The molecule has 1 fully saturated rings. The number of ether oxygens (including phenoxy) is 1. The van der Waals surface area contributed by atoms with Gasteiger partial charge in [-0.15, -0.1) is 0 Å². The van der Waals surface area contributed by atoms with Gasteiger partial charge in [0.15, 0.2) is 0 Å². The molecule has 1 saturated heterocycles. The van der Waals surface area contributed by atoms with E-state index in [2.05, 4.69) is 22.0 Å². The van der Waals surface area contributed by atoms with E-state index in [1.54, 1.807) is 0 Å². The Morgan fingerprint density at radius 2 is 2.30 bits per heavy atom. The standard InChI is InChI=1S/C14H26N4O2/c1-3-20-10-9-18-8-7-17(11-13(18)2)12-14(19)16-6-4-5-15/h13H,3-4,6-12H2,1-2H3,(H,16,19)/t13-/m1/s1. The summed E-state index contributed by atoms with van der Waals surface area (Å²) in [6.07, 6.45) is 0.368. The van der Waals surface area contributed by atoms with Crippen LogP contribution < -0.4 is 5.32 Å². The molecule has 0 aromatic heterocycles. The molecule has 0 bridgehead atoms. The minimum atomic E-state index is 0.00946. The van der Waals surface area contributed by atoms with Crippen LogP contribution >= 0.6 is 0 Å². The number of carbonyl (C=O) groups excluding carboxylic acids is 1. The molecular formula is C14H26N4O2. The Hall–Kier alpha value is -1.16. The van der Waals surface area contributed by atoms with E-state index >= 15 is 0 Å². The zero-order valence-electron chi connectivity index (χ0n) is 12.6. The van der Waals surface area contributed by atoms with Gasteiger partial charge in [-0.3, -0.25) is 14.6 Å². The van der Waals surface area contributed by atoms with Gasteiger partial charge in [-0.05, 0) is 13.8 Å². The maximum Gasteiger partial charge on any atom is 0.234 e. The van der Waals surface area contributed by atoms with Crippen molar-refractivity contribution in [3.8, 4) is 6.07 Å². The molecule has 6 heteroatoms. The molecular weight excluding hydrogens is 256 g/mol. The molecule has 1 amide bonds. The van der Waals surface area contributed by atoms with Crippen LogP contribution in [-0.2, 0) is 9.53 Å². The largest absolute Gasteiger partial charge is 0.380 e. The fourth-order valence-electron chi connectivity index (χ4n) is 2.39. The lowest BCUT2D eigenvalue weighted by molar-refractivity contribution is -0.122. The predicted octanol–water partition coefficient (Wildman–Crippen LogP) is 0.0589. The molecule has 0 aromatic carbocycles. The van der Waals surface area contributed by atoms with Crippen molar-refractivity contribution in [1.29, 1.82) is 5.26 Å². The van der Waals surface area contributed by atoms with Crippen molar-refractivity contribution >= 4 is 5.91 Å². The van der Waals surface area contributed by atoms with Gasteiger partial charge in [0, 0.05) is 45.4 Å². The second-order valence-corrected chi connectivity index (χ2v) is 5.08. The normalized spacial score (nSPS) is 20.6. The van der Waals surface area contributed by atoms with Crippen LogP contribution in [0.1, 0.15) is 20.3 Å². The summed E-state index contributed by atoms with van der Waals surface area (Å²) >= 11 is 0. The molecule has 1 aliphatic rings. The van der Waals surface area contributed by atoms with Gasteiger partial charge in [0.2, 0.25) is 5.91 Å². The van der Waals surface area contributed by atoms with E-state index in [9.17, 15) is 4.79 Å². The van der Waals surface area contributed by atoms with E-state index in [0.717, 1.165) is 39.4 Å². The molecule has 6 nitrogen and oxygen atoms in total. The van der Waals surface area contributed by atoms with Crippen LogP contribution in [0.15, 0.2) is 0 Å². The van der Waals surface area contributed by atoms with Gasteiger partial charge in [-0.25, -0.2) is 0 Å². The summed E-state index contributed by atoms with van der Waals surface area (Å²) < 4.78 is 5.39. The number of amides is 1. The van der Waals surface area contributed by atoms with E-state index < -0.39 is 0 Å². The molecule has 0 saturated carbocycles. The number of piperazine rings is 1. The predicted molar refractivity (Wildman–Crippen MR) is 77.2 cm³/mol. The van der Waals surface area contributed by atoms with Crippen LogP contribution in [0, 0.1) is 11.3 Å². The van der Waals surface area contributed by atoms with Gasteiger partial charge < -0.3 is 10.1 Å². The third-order valence-electron chi connectivity index (χ3n) is 3.50. The maximum absolute atomic E-state index is 11.7. The summed E-state index contributed by atoms with van der Waals surface area (Å²) in [6.45, 7) is 10.3. The summed E-state index contributed by atoms with van der Waals surface area (Å²) in [6, 6.07) is 2.46. The summed E-state index contributed by atoms with van der Waals surface area (Å²) in [7, 11) is 0. The quantitative estimate of drug-likeness (QED) is 0.638. The Bertz CT molecular complexity index is 330. The Labute approximate surface area is 121 Å². The fourth-order valence-corrected chi connectivity index (χ4v) is 2.39. The Morgan fingerprint density at radius 3 is 2.95 bits per heavy atom. The number of hydrogen-bond acceptors (Lipinski definition) is 5. The van der Waals surface area contributed by atoms with Crippen molar-refractivity contribution in [1.82, 2.24) is 15.1 Å². The highest BCUT2D eigenvalue weighted by molar-refractivity contribution is 5.78. The van der Waals surface area contributed by atoms with E-state index in [-0.39, 0.29) is 5.91 Å². The number of rotatable bonds is 8. The summed E-state index contributed by atoms with van der Waals surface area (Å²) in [4.78, 5) is 16.3. The van der Waals surface area contributed by atoms with Crippen molar-refractivity contribution in [2.24, 2.45) is 0 Å². The monoisotopic (exact) mass is 282 g/mol. The zero-order valence-corrected chi connectivity index (χ0v) is 12.6. The molecule has 1 atom stereocenters. The lowest BCUT2D eigenvalue weighted by atomic mass is 10.2. The van der Waals surface area contributed by atoms with Gasteiger partial charge in [0.05, 0.1) is 25.6 Å². The molecule has 0 unspecified atom stereocenters. The van der Waals surface area contributed by atoms with Gasteiger partial charge in [0.1, 0.15) is 0 Å². The lowest BCUT2D eigenvalue weighted by Crippen LogP contribution is -2.54. The van der Waals surface area contributed by atoms with Crippen LogP contribution in [0.25, 0.3) is 0 Å². The van der Waals surface area contributed by atoms with Crippen LogP contribution in [0.3, 0.4) is 0 Å². The number of nitrogens with one attached hydrogen (secondary N) is 1. The van der Waals surface area contributed by atoms with Crippen LogP contribution in [0.2, 0.25) is 0 Å². The fraction of sp³-hybridized carbons (Fsp3) is 0.857. The van der Waals surface area contributed by atoms with Gasteiger partial charge in [-0.2, -0.15) is 5.26 Å². The van der Waals surface area contributed by atoms with Crippen molar-refractivity contribution in [3.05, 3.63) is 0 Å². The minimum Gasteiger partial charge on any atom is -0.380 e. The SMILES string of the molecule is CCOCCN1CCN(CC(=O)NCCC#N)C[C@H]1C.